The summed E-state index contributed by atoms with van der Waals surface area (Å²) in [7, 11) is 6.45. The van der Waals surface area contributed by atoms with Gasteiger partial charge in [0.25, 0.3) is 0 Å². The summed E-state index contributed by atoms with van der Waals surface area (Å²) in [4.78, 5) is 0. The maximum absolute atomic E-state index is 8.80. The Bertz CT molecular complexity index is 519. The van der Waals surface area contributed by atoms with E-state index in [9.17, 15) is 0 Å². The molecule has 6 aliphatic rings. The lowest BCUT2D eigenvalue weighted by atomic mass is 9.73. The fraction of sp³-hybridized carbons (Fsp3) is 1.00. The molecule has 7 heteroatoms. The summed E-state index contributed by atoms with van der Waals surface area (Å²) in [5.41, 5.74) is 0. The fourth-order valence-electron chi connectivity index (χ4n) is 7.56. The van der Waals surface area contributed by atoms with Crippen molar-refractivity contribution in [2.45, 2.75) is 147 Å². The maximum atomic E-state index is 8.80. The van der Waals surface area contributed by atoms with Gasteiger partial charge in [-0.3, -0.25) is 0 Å². The molecule has 2 aliphatic heterocycles. The first kappa shape index (κ1) is 39.9. The Hall–Kier alpha value is -0.280. The quantitative estimate of drug-likeness (QED) is 0.246. The van der Waals surface area contributed by atoms with Crippen LogP contribution in [0.3, 0.4) is 0 Å². The van der Waals surface area contributed by atoms with E-state index >= 15 is 0 Å². The van der Waals surface area contributed by atoms with Gasteiger partial charge in [0.1, 0.15) is 18.3 Å². The first-order valence-electron chi connectivity index (χ1n) is 18.5. The molecule has 0 amide bonds. The van der Waals surface area contributed by atoms with Gasteiger partial charge in [-0.05, 0) is 23.7 Å². The van der Waals surface area contributed by atoms with Crippen molar-refractivity contribution in [2.24, 2.45) is 23.7 Å². The third-order valence-electron chi connectivity index (χ3n) is 10.2. The standard InChI is InChI=1S/2C12H22.C5H12O3.2C4H8O2/c2*1-3-7-11(8-4-1)12-9-5-2-6-10-12;1-7-3-5(6)4-8-2;2*1-5-2-4-3-6-4/h2*11-12H,1-10H2;5-6H,3-4H2,1-2H3;2*4H,2-3H2,1H3. The maximum Gasteiger partial charge on any atom is 0.104 e. The first-order valence-corrected chi connectivity index (χ1v) is 18.5. The molecule has 0 bridgehead atoms. The summed E-state index contributed by atoms with van der Waals surface area (Å²) in [6, 6.07) is 0. The summed E-state index contributed by atoms with van der Waals surface area (Å²) >= 11 is 0. The molecule has 2 saturated heterocycles. The molecule has 44 heavy (non-hydrogen) atoms. The molecule has 6 rings (SSSR count). The first-order chi connectivity index (χ1) is 21.6. The van der Waals surface area contributed by atoms with E-state index in [2.05, 4.69) is 9.47 Å². The van der Waals surface area contributed by atoms with E-state index in [1.54, 1.807) is 79.8 Å². The van der Waals surface area contributed by atoms with Gasteiger partial charge in [0.15, 0.2) is 0 Å². The Morgan fingerprint density at radius 2 is 0.705 bits per heavy atom. The average Bonchev–Trinajstić information content (AvgIpc) is 4.03. The Morgan fingerprint density at radius 3 is 0.864 bits per heavy atom. The van der Waals surface area contributed by atoms with E-state index < -0.39 is 6.10 Å². The number of hydrogen-bond donors (Lipinski definition) is 1. The van der Waals surface area contributed by atoms with Crippen LogP contribution in [0.1, 0.15) is 128 Å². The molecule has 2 atom stereocenters. The molecule has 262 valence electrons. The van der Waals surface area contributed by atoms with Gasteiger partial charge < -0.3 is 33.5 Å². The third kappa shape index (κ3) is 20.8. The molecule has 6 fully saturated rings. The van der Waals surface area contributed by atoms with Gasteiger partial charge in [0, 0.05) is 28.4 Å². The largest absolute Gasteiger partial charge is 0.388 e. The summed E-state index contributed by atoms with van der Waals surface area (Å²) in [5, 5.41) is 8.80. The molecule has 4 saturated carbocycles. The van der Waals surface area contributed by atoms with E-state index in [0.29, 0.717) is 25.4 Å². The summed E-state index contributed by atoms with van der Waals surface area (Å²) in [6.07, 6.45) is 31.2. The molecule has 2 unspecified atom stereocenters. The van der Waals surface area contributed by atoms with Crippen LogP contribution in [0.15, 0.2) is 0 Å². The van der Waals surface area contributed by atoms with Gasteiger partial charge in [-0.1, -0.05) is 128 Å². The molecular formula is C37H72O7. The van der Waals surface area contributed by atoms with Crippen molar-refractivity contribution >= 4 is 0 Å². The van der Waals surface area contributed by atoms with E-state index in [1.165, 1.54) is 77.0 Å². The minimum atomic E-state index is -0.481. The number of aliphatic hydroxyl groups excluding tert-OH is 1. The van der Waals surface area contributed by atoms with Crippen molar-refractivity contribution < 1.29 is 33.5 Å². The lowest BCUT2D eigenvalue weighted by Crippen LogP contribution is -2.20. The van der Waals surface area contributed by atoms with Gasteiger partial charge in [-0.2, -0.15) is 0 Å². The predicted octanol–water partition coefficient (Wildman–Crippen LogP) is 8.00. The summed E-state index contributed by atoms with van der Waals surface area (Å²) in [5.74, 6) is 4.55. The Kier molecular flexibility index (Phi) is 24.3. The minimum absolute atomic E-state index is 0.341. The molecular weight excluding hydrogens is 556 g/mol. The zero-order chi connectivity index (χ0) is 31.7. The second-order valence-electron chi connectivity index (χ2n) is 14.0. The molecule has 2 heterocycles. The van der Waals surface area contributed by atoms with Crippen LogP contribution < -0.4 is 0 Å². The second-order valence-corrected chi connectivity index (χ2v) is 14.0. The van der Waals surface area contributed by atoms with Crippen LogP contribution in [-0.4, -0.2) is 91.5 Å². The highest BCUT2D eigenvalue weighted by atomic mass is 16.6. The van der Waals surface area contributed by atoms with Gasteiger partial charge in [-0.15, -0.1) is 0 Å². The highest BCUT2D eigenvalue weighted by Crippen LogP contribution is 2.39. The van der Waals surface area contributed by atoms with Crippen LogP contribution in [0.4, 0.5) is 0 Å². The lowest BCUT2D eigenvalue weighted by molar-refractivity contribution is 0.00980. The van der Waals surface area contributed by atoms with Crippen LogP contribution in [-0.2, 0) is 28.4 Å². The molecule has 0 radical (unpaired) electrons. The van der Waals surface area contributed by atoms with Crippen LogP contribution in [0.5, 0.6) is 0 Å². The van der Waals surface area contributed by atoms with Crippen molar-refractivity contribution in [1.82, 2.24) is 0 Å². The van der Waals surface area contributed by atoms with Crippen molar-refractivity contribution in [3.05, 3.63) is 0 Å². The molecule has 0 aromatic carbocycles. The number of methoxy groups -OCH3 is 4. The fourth-order valence-corrected chi connectivity index (χ4v) is 7.56. The van der Waals surface area contributed by atoms with Crippen LogP contribution in [0, 0.1) is 23.7 Å². The zero-order valence-electron chi connectivity index (χ0n) is 29.3. The van der Waals surface area contributed by atoms with Crippen LogP contribution in [0.2, 0.25) is 0 Å². The molecule has 0 aromatic heterocycles. The smallest absolute Gasteiger partial charge is 0.104 e. The average molecular weight is 629 g/mol. The van der Waals surface area contributed by atoms with E-state index in [-0.39, 0.29) is 0 Å². The van der Waals surface area contributed by atoms with Gasteiger partial charge >= 0.3 is 0 Å². The van der Waals surface area contributed by atoms with Gasteiger partial charge in [0.2, 0.25) is 0 Å². The minimum Gasteiger partial charge on any atom is -0.388 e. The topological polar surface area (TPSA) is 82.2 Å². The van der Waals surface area contributed by atoms with Crippen molar-refractivity contribution in [2.75, 3.05) is 68.1 Å². The van der Waals surface area contributed by atoms with Gasteiger partial charge in [-0.25, -0.2) is 0 Å². The second kappa shape index (κ2) is 26.8. The molecule has 7 nitrogen and oxygen atoms in total. The zero-order valence-corrected chi connectivity index (χ0v) is 29.3. The number of rotatable bonds is 10. The lowest BCUT2D eigenvalue weighted by Gasteiger charge is -2.32. The van der Waals surface area contributed by atoms with Crippen molar-refractivity contribution in [3.63, 3.8) is 0 Å². The highest BCUT2D eigenvalue weighted by Gasteiger charge is 2.26. The number of hydrogen-bond acceptors (Lipinski definition) is 7. The number of ether oxygens (including phenoxy) is 6. The van der Waals surface area contributed by atoms with E-state index in [1.807, 2.05) is 0 Å². The Labute approximate surface area is 271 Å². The van der Waals surface area contributed by atoms with Crippen LogP contribution >= 0.6 is 0 Å². The Morgan fingerprint density at radius 1 is 0.455 bits per heavy atom. The molecule has 4 aliphatic carbocycles. The van der Waals surface area contributed by atoms with Crippen molar-refractivity contribution in [3.8, 4) is 0 Å². The monoisotopic (exact) mass is 629 g/mol. The van der Waals surface area contributed by atoms with Crippen LogP contribution in [0.25, 0.3) is 0 Å². The van der Waals surface area contributed by atoms with E-state index in [4.69, 9.17) is 24.1 Å². The van der Waals surface area contributed by atoms with E-state index in [0.717, 1.165) is 50.1 Å². The normalized spacial score (nSPS) is 26.0. The van der Waals surface area contributed by atoms with Crippen molar-refractivity contribution in [1.29, 1.82) is 0 Å². The summed E-state index contributed by atoms with van der Waals surface area (Å²) in [6.45, 7) is 4.00. The summed E-state index contributed by atoms with van der Waals surface area (Å²) < 4.78 is 28.4. The predicted molar refractivity (Wildman–Crippen MR) is 179 cm³/mol. The molecule has 0 spiro atoms. The molecule has 0 aromatic rings. The number of aliphatic hydroxyl groups is 1. The highest BCUT2D eigenvalue weighted by molar-refractivity contribution is 4.77. The number of epoxide rings is 2. The molecule has 1 N–H and O–H groups in total. The third-order valence-corrected chi connectivity index (χ3v) is 10.2. The Balaban J connectivity index is 0.000000198. The SMILES string of the molecule is C1CCC(C2CCCCC2)CC1.C1CCC(C2CCCCC2)CC1.COCC(O)COC.COCC1CO1.COCC1CO1. The van der Waals surface area contributed by atoms with Gasteiger partial charge in [0.05, 0.1) is 39.6 Å².